The summed E-state index contributed by atoms with van der Waals surface area (Å²) < 4.78 is 10.7. The summed E-state index contributed by atoms with van der Waals surface area (Å²) >= 11 is 0. The van der Waals surface area contributed by atoms with Gasteiger partial charge in [-0.15, -0.1) is 0 Å². The SMILES string of the molecule is CC(C)[C@H]1CC[C@@H](C)C[C@@H]1OC(=O)COC(=O)CCc1ccccc1. The Labute approximate surface area is 150 Å². The van der Waals surface area contributed by atoms with Crippen molar-refractivity contribution in [1.29, 1.82) is 0 Å². The smallest absolute Gasteiger partial charge is 0.344 e. The second-order valence-electron chi connectivity index (χ2n) is 7.50. The van der Waals surface area contributed by atoms with Crippen molar-refractivity contribution < 1.29 is 19.1 Å². The van der Waals surface area contributed by atoms with Crippen molar-refractivity contribution in [2.75, 3.05) is 6.61 Å². The Balaban J connectivity index is 1.72. The molecular weight excluding hydrogens is 316 g/mol. The fourth-order valence-electron chi connectivity index (χ4n) is 3.56. The van der Waals surface area contributed by atoms with Gasteiger partial charge in [-0.1, -0.05) is 57.5 Å². The van der Waals surface area contributed by atoms with Crippen LogP contribution in [0.5, 0.6) is 0 Å². The van der Waals surface area contributed by atoms with Crippen molar-refractivity contribution in [2.24, 2.45) is 17.8 Å². The Morgan fingerprint density at radius 1 is 1.12 bits per heavy atom. The second kappa shape index (κ2) is 9.59. The summed E-state index contributed by atoms with van der Waals surface area (Å²) in [6, 6.07) is 9.76. The van der Waals surface area contributed by atoms with Crippen molar-refractivity contribution in [3.05, 3.63) is 35.9 Å². The normalized spacial score (nSPS) is 23.3. The van der Waals surface area contributed by atoms with E-state index in [2.05, 4.69) is 20.8 Å². The zero-order valence-corrected chi connectivity index (χ0v) is 15.6. The monoisotopic (exact) mass is 346 g/mol. The molecular formula is C21H30O4. The summed E-state index contributed by atoms with van der Waals surface area (Å²) in [5.74, 6) is 0.657. The van der Waals surface area contributed by atoms with Crippen molar-refractivity contribution in [2.45, 2.75) is 59.0 Å². The minimum atomic E-state index is -0.433. The van der Waals surface area contributed by atoms with E-state index in [1.54, 1.807) is 0 Å². The largest absolute Gasteiger partial charge is 0.460 e. The number of esters is 2. The van der Waals surface area contributed by atoms with E-state index < -0.39 is 5.97 Å². The lowest BCUT2D eigenvalue weighted by atomic mass is 9.75. The van der Waals surface area contributed by atoms with Crippen molar-refractivity contribution in [3.8, 4) is 0 Å². The first-order valence-corrected chi connectivity index (χ1v) is 9.34. The van der Waals surface area contributed by atoms with Crippen LogP contribution >= 0.6 is 0 Å². The summed E-state index contributed by atoms with van der Waals surface area (Å²) in [6.07, 6.45) is 4.01. The molecule has 0 aromatic heterocycles. The van der Waals surface area contributed by atoms with Gasteiger partial charge in [0.25, 0.3) is 0 Å². The van der Waals surface area contributed by atoms with Crippen LogP contribution < -0.4 is 0 Å². The first-order valence-electron chi connectivity index (χ1n) is 9.34. The molecule has 1 fully saturated rings. The average molecular weight is 346 g/mol. The van der Waals surface area contributed by atoms with Crippen LogP contribution in [0.25, 0.3) is 0 Å². The third-order valence-corrected chi connectivity index (χ3v) is 5.06. The van der Waals surface area contributed by atoms with Gasteiger partial charge in [0.05, 0.1) is 0 Å². The summed E-state index contributed by atoms with van der Waals surface area (Å²) in [5.41, 5.74) is 1.08. The van der Waals surface area contributed by atoms with Gasteiger partial charge in [0, 0.05) is 6.42 Å². The lowest BCUT2D eigenvalue weighted by Crippen LogP contribution is -2.36. The van der Waals surface area contributed by atoms with Crippen molar-refractivity contribution in [3.63, 3.8) is 0 Å². The van der Waals surface area contributed by atoms with Crippen LogP contribution in [-0.2, 0) is 25.5 Å². The third-order valence-electron chi connectivity index (χ3n) is 5.06. The molecule has 4 heteroatoms. The molecule has 1 aromatic rings. The van der Waals surface area contributed by atoms with E-state index in [0.717, 1.165) is 18.4 Å². The van der Waals surface area contributed by atoms with E-state index in [-0.39, 0.29) is 25.1 Å². The second-order valence-corrected chi connectivity index (χ2v) is 7.50. The summed E-state index contributed by atoms with van der Waals surface area (Å²) in [7, 11) is 0. The highest BCUT2D eigenvalue weighted by Crippen LogP contribution is 2.35. The van der Waals surface area contributed by atoms with Crippen LogP contribution in [0.3, 0.4) is 0 Å². The van der Waals surface area contributed by atoms with E-state index in [0.29, 0.717) is 24.2 Å². The lowest BCUT2D eigenvalue weighted by Gasteiger charge is -2.36. The Kier molecular flexibility index (Phi) is 7.48. The van der Waals surface area contributed by atoms with Crippen LogP contribution in [0.2, 0.25) is 0 Å². The van der Waals surface area contributed by atoms with Gasteiger partial charge in [-0.2, -0.15) is 0 Å². The maximum atomic E-state index is 12.1. The topological polar surface area (TPSA) is 52.6 Å². The van der Waals surface area contributed by atoms with Gasteiger partial charge in [-0.05, 0) is 42.6 Å². The van der Waals surface area contributed by atoms with E-state index in [4.69, 9.17) is 9.47 Å². The first-order chi connectivity index (χ1) is 12.0. The molecule has 1 aliphatic carbocycles. The van der Waals surface area contributed by atoms with Crippen LogP contribution in [0.4, 0.5) is 0 Å². The van der Waals surface area contributed by atoms with Crippen LogP contribution in [-0.4, -0.2) is 24.6 Å². The molecule has 0 heterocycles. The summed E-state index contributed by atoms with van der Waals surface area (Å²) in [6.45, 7) is 6.25. The van der Waals surface area contributed by atoms with Gasteiger partial charge < -0.3 is 9.47 Å². The Bertz CT molecular complexity index is 552. The summed E-state index contributed by atoms with van der Waals surface area (Å²) in [4.78, 5) is 23.9. The van der Waals surface area contributed by atoms with Gasteiger partial charge in [-0.25, -0.2) is 4.79 Å². The van der Waals surface area contributed by atoms with Crippen LogP contribution in [0.15, 0.2) is 30.3 Å². The van der Waals surface area contributed by atoms with E-state index >= 15 is 0 Å². The molecule has 2 rings (SSSR count). The maximum Gasteiger partial charge on any atom is 0.344 e. The summed E-state index contributed by atoms with van der Waals surface area (Å²) in [5, 5.41) is 0. The van der Waals surface area contributed by atoms with E-state index in [9.17, 15) is 9.59 Å². The Morgan fingerprint density at radius 2 is 1.84 bits per heavy atom. The standard InChI is InChI=1S/C21H30O4/c1-15(2)18-11-9-16(3)13-19(18)25-21(23)14-24-20(22)12-10-17-7-5-4-6-8-17/h4-8,15-16,18-19H,9-14H2,1-3H3/t16-,18-,19+/m1/s1. The minimum Gasteiger partial charge on any atom is -0.460 e. The average Bonchev–Trinajstić information content (AvgIpc) is 2.59. The number of rotatable bonds is 7. The molecule has 1 aromatic carbocycles. The number of ether oxygens (including phenoxy) is 2. The molecule has 1 aliphatic rings. The quantitative estimate of drug-likeness (QED) is 0.696. The van der Waals surface area contributed by atoms with Crippen LogP contribution in [0, 0.1) is 17.8 Å². The number of benzene rings is 1. The first kappa shape index (κ1) is 19.5. The molecule has 0 N–H and O–H groups in total. The number of aryl methyl sites for hydroxylation is 1. The molecule has 0 saturated heterocycles. The number of hydrogen-bond acceptors (Lipinski definition) is 4. The molecule has 0 amide bonds. The molecule has 25 heavy (non-hydrogen) atoms. The third kappa shape index (κ3) is 6.52. The molecule has 0 radical (unpaired) electrons. The van der Waals surface area contributed by atoms with Gasteiger partial charge >= 0.3 is 11.9 Å². The fraction of sp³-hybridized carbons (Fsp3) is 0.619. The Morgan fingerprint density at radius 3 is 2.52 bits per heavy atom. The van der Waals surface area contributed by atoms with Crippen molar-refractivity contribution >= 4 is 11.9 Å². The predicted octanol–water partition coefficient (Wildman–Crippen LogP) is 4.17. The molecule has 3 atom stereocenters. The number of hydrogen-bond donors (Lipinski definition) is 0. The highest BCUT2D eigenvalue weighted by atomic mass is 16.6. The highest BCUT2D eigenvalue weighted by Gasteiger charge is 2.33. The van der Waals surface area contributed by atoms with Crippen molar-refractivity contribution in [1.82, 2.24) is 0 Å². The lowest BCUT2D eigenvalue weighted by molar-refractivity contribution is -0.167. The van der Waals surface area contributed by atoms with Gasteiger partial charge in [0.1, 0.15) is 6.10 Å². The highest BCUT2D eigenvalue weighted by molar-refractivity contribution is 5.76. The molecule has 0 bridgehead atoms. The molecule has 1 saturated carbocycles. The Hall–Kier alpha value is -1.84. The molecule has 0 aliphatic heterocycles. The number of carbonyl (C=O) groups is 2. The molecule has 138 valence electrons. The van der Waals surface area contributed by atoms with Gasteiger partial charge in [-0.3, -0.25) is 4.79 Å². The van der Waals surface area contributed by atoms with Crippen LogP contribution in [0.1, 0.15) is 52.0 Å². The number of carbonyl (C=O) groups excluding carboxylic acids is 2. The molecule has 0 unspecified atom stereocenters. The predicted molar refractivity (Wildman–Crippen MR) is 96.9 cm³/mol. The zero-order chi connectivity index (χ0) is 18.2. The maximum absolute atomic E-state index is 12.1. The molecule has 4 nitrogen and oxygen atoms in total. The molecule has 0 spiro atoms. The van der Waals surface area contributed by atoms with Gasteiger partial charge in [0.15, 0.2) is 6.61 Å². The minimum absolute atomic E-state index is 0.0562. The van der Waals surface area contributed by atoms with Gasteiger partial charge in [0.2, 0.25) is 0 Å². The zero-order valence-electron chi connectivity index (χ0n) is 15.6. The van der Waals surface area contributed by atoms with E-state index in [1.165, 1.54) is 6.42 Å². The fourth-order valence-corrected chi connectivity index (χ4v) is 3.56. The van der Waals surface area contributed by atoms with E-state index in [1.807, 2.05) is 30.3 Å².